The van der Waals surface area contributed by atoms with Crippen molar-refractivity contribution in [1.29, 1.82) is 0 Å². The number of hydrogen-bond donors (Lipinski definition) is 1. The smallest absolute Gasteiger partial charge is 0.146 e. The monoisotopic (exact) mass is 235 g/mol. The number of furan rings is 1. The van der Waals surface area contributed by atoms with Crippen LogP contribution in [0.5, 0.6) is 0 Å². The van der Waals surface area contributed by atoms with E-state index in [1.54, 1.807) is 36.4 Å². The molecule has 0 spiro atoms. The van der Waals surface area contributed by atoms with Crippen molar-refractivity contribution < 1.29 is 13.9 Å². The molecule has 0 fully saturated rings. The summed E-state index contributed by atoms with van der Waals surface area (Å²) in [5.41, 5.74) is 0.977. The van der Waals surface area contributed by atoms with Crippen LogP contribution in [0.1, 0.15) is 11.3 Å². The lowest BCUT2D eigenvalue weighted by molar-refractivity contribution is 0.281. The van der Waals surface area contributed by atoms with Gasteiger partial charge in [-0.25, -0.2) is 4.39 Å². The summed E-state index contributed by atoms with van der Waals surface area (Å²) in [6, 6.07) is 8.29. The first-order valence-corrected chi connectivity index (χ1v) is 5.34. The molecule has 0 saturated carbocycles. The lowest BCUT2D eigenvalue weighted by Crippen LogP contribution is -2.19. The molecule has 1 aromatic carbocycles. The number of aliphatic hydroxyl groups excluding tert-OH is 1. The Morgan fingerprint density at radius 3 is 2.76 bits per heavy atom. The zero-order valence-corrected chi connectivity index (χ0v) is 9.56. The van der Waals surface area contributed by atoms with E-state index in [0.29, 0.717) is 17.8 Å². The van der Waals surface area contributed by atoms with E-state index in [-0.39, 0.29) is 12.4 Å². The van der Waals surface area contributed by atoms with Gasteiger partial charge in [0, 0.05) is 12.6 Å². The third-order valence-electron chi connectivity index (χ3n) is 2.60. The van der Waals surface area contributed by atoms with Gasteiger partial charge in [-0.05, 0) is 18.2 Å². The summed E-state index contributed by atoms with van der Waals surface area (Å²) >= 11 is 0. The molecule has 1 heterocycles. The molecule has 4 heteroatoms. The molecule has 17 heavy (non-hydrogen) atoms. The number of aliphatic hydroxyl groups is 1. The van der Waals surface area contributed by atoms with Crippen molar-refractivity contribution in [1.82, 2.24) is 0 Å². The average Bonchev–Trinajstić information content (AvgIpc) is 2.81. The summed E-state index contributed by atoms with van der Waals surface area (Å²) in [6.07, 6.45) is 1.58. The van der Waals surface area contributed by atoms with Crippen LogP contribution in [0.4, 0.5) is 10.1 Å². The summed E-state index contributed by atoms with van der Waals surface area (Å²) in [6.45, 7) is 0.274. The van der Waals surface area contributed by atoms with Gasteiger partial charge < -0.3 is 14.4 Å². The maximum absolute atomic E-state index is 13.7. The lowest BCUT2D eigenvalue weighted by Gasteiger charge is -2.21. The third-order valence-corrected chi connectivity index (χ3v) is 2.60. The summed E-state index contributed by atoms with van der Waals surface area (Å²) < 4.78 is 18.9. The van der Waals surface area contributed by atoms with Gasteiger partial charge in [-0.2, -0.15) is 0 Å². The number of para-hydroxylation sites is 1. The fourth-order valence-corrected chi connectivity index (χ4v) is 1.83. The van der Waals surface area contributed by atoms with Crippen molar-refractivity contribution in [3.05, 3.63) is 53.7 Å². The fraction of sp³-hybridized carbons (Fsp3) is 0.231. The van der Waals surface area contributed by atoms with Crippen molar-refractivity contribution in [2.45, 2.75) is 13.2 Å². The molecular formula is C13H14FNO2. The Morgan fingerprint density at radius 1 is 1.29 bits per heavy atom. The first kappa shape index (κ1) is 11.7. The van der Waals surface area contributed by atoms with E-state index in [9.17, 15) is 9.50 Å². The first-order valence-electron chi connectivity index (χ1n) is 5.34. The van der Waals surface area contributed by atoms with Crippen LogP contribution in [0.15, 0.2) is 41.0 Å². The topological polar surface area (TPSA) is 36.6 Å². The number of rotatable bonds is 4. The zero-order valence-electron chi connectivity index (χ0n) is 9.56. The Balaban J connectivity index is 2.26. The van der Waals surface area contributed by atoms with Crippen molar-refractivity contribution in [2.24, 2.45) is 0 Å². The minimum atomic E-state index is -0.342. The number of hydrogen-bond acceptors (Lipinski definition) is 3. The van der Waals surface area contributed by atoms with E-state index in [1.807, 2.05) is 6.07 Å². The molecule has 0 radical (unpaired) electrons. The van der Waals surface area contributed by atoms with Crippen LogP contribution < -0.4 is 4.90 Å². The Morgan fingerprint density at radius 2 is 2.12 bits per heavy atom. The number of benzene rings is 1. The van der Waals surface area contributed by atoms with Crippen LogP contribution in [0, 0.1) is 5.82 Å². The fourth-order valence-electron chi connectivity index (χ4n) is 1.83. The standard InChI is InChI=1S/C13H14FNO2/c1-15(8-11-5-3-7-17-11)13-10(9-16)4-2-6-12(13)14/h2-7,16H,8-9H2,1H3. The van der Waals surface area contributed by atoms with Crippen molar-refractivity contribution in [2.75, 3.05) is 11.9 Å². The van der Waals surface area contributed by atoms with E-state index in [2.05, 4.69) is 0 Å². The SMILES string of the molecule is CN(Cc1ccco1)c1c(F)cccc1CO. The van der Waals surface area contributed by atoms with Gasteiger partial charge in [-0.1, -0.05) is 12.1 Å². The normalized spacial score (nSPS) is 10.5. The molecule has 0 saturated heterocycles. The predicted octanol–water partition coefficient (Wildman–Crippen LogP) is 2.55. The van der Waals surface area contributed by atoms with Gasteiger partial charge in [0.25, 0.3) is 0 Å². The minimum absolute atomic E-state index is 0.185. The molecule has 2 rings (SSSR count). The molecular weight excluding hydrogens is 221 g/mol. The molecule has 0 bridgehead atoms. The molecule has 0 aliphatic heterocycles. The maximum Gasteiger partial charge on any atom is 0.146 e. The highest BCUT2D eigenvalue weighted by Gasteiger charge is 2.13. The lowest BCUT2D eigenvalue weighted by atomic mass is 10.1. The van der Waals surface area contributed by atoms with Crippen LogP contribution >= 0.6 is 0 Å². The highest BCUT2D eigenvalue weighted by molar-refractivity contribution is 5.54. The highest BCUT2D eigenvalue weighted by Crippen LogP contribution is 2.25. The molecule has 1 N–H and O–H groups in total. The number of nitrogens with zero attached hydrogens (tertiary/aromatic N) is 1. The summed E-state index contributed by atoms with van der Waals surface area (Å²) in [4.78, 5) is 1.72. The second-order valence-corrected chi connectivity index (χ2v) is 3.84. The highest BCUT2D eigenvalue weighted by atomic mass is 19.1. The van der Waals surface area contributed by atoms with Gasteiger partial charge in [0.15, 0.2) is 0 Å². The number of halogens is 1. The van der Waals surface area contributed by atoms with Crippen molar-refractivity contribution in [3.8, 4) is 0 Å². The molecule has 0 unspecified atom stereocenters. The van der Waals surface area contributed by atoms with Crippen LogP contribution in [0.2, 0.25) is 0 Å². The predicted molar refractivity (Wildman–Crippen MR) is 63.1 cm³/mol. The average molecular weight is 235 g/mol. The summed E-state index contributed by atoms with van der Waals surface area (Å²) in [5, 5.41) is 9.20. The first-order chi connectivity index (χ1) is 8.22. The quantitative estimate of drug-likeness (QED) is 0.884. The van der Waals surface area contributed by atoms with Crippen LogP contribution in [0.3, 0.4) is 0 Å². The Bertz CT molecular complexity index is 482. The van der Waals surface area contributed by atoms with Crippen LogP contribution in [-0.4, -0.2) is 12.2 Å². The van der Waals surface area contributed by atoms with Crippen LogP contribution in [0.25, 0.3) is 0 Å². The zero-order chi connectivity index (χ0) is 12.3. The molecule has 1 aromatic heterocycles. The second kappa shape index (κ2) is 5.01. The van der Waals surface area contributed by atoms with Gasteiger partial charge in [0.2, 0.25) is 0 Å². The van der Waals surface area contributed by atoms with E-state index in [4.69, 9.17) is 4.42 Å². The number of anilines is 1. The molecule has 0 aliphatic carbocycles. The second-order valence-electron chi connectivity index (χ2n) is 3.84. The molecule has 2 aromatic rings. The van der Waals surface area contributed by atoms with Crippen LogP contribution in [-0.2, 0) is 13.2 Å². The van der Waals surface area contributed by atoms with Gasteiger partial charge in [0.05, 0.1) is 25.1 Å². The largest absolute Gasteiger partial charge is 0.467 e. The van der Waals surface area contributed by atoms with E-state index < -0.39 is 0 Å². The van der Waals surface area contributed by atoms with E-state index >= 15 is 0 Å². The van der Waals surface area contributed by atoms with Crippen molar-refractivity contribution in [3.63, 3.8) is 0 Å². The summed E-state index contributed by atoms with van der Waals surface area (Å²) in [5.74, 6) is 0.408. The van der Waals surface area contributed by atoms with E-state index in [0.717, 1.165) is 5.76 Å². The van der Waals surface area contributed by atoms with Gasteiger partial charge in [0.1, 0.15) is 11.6 Å². The maximum atomic E-state index is 13.7. The molecule has 90 valence electrons. The Hall–Kier alpha value is -1.81. The third kappa shape index (κ3) is 2.47. The Labute approximate surface area is 99.1 Å². The minimum Gasteiger partial charge on any atom is -0.467 e. The van der Waals surface area contributed by atoms with Gasteiger partial charge in [-0.3, -0.25) is 0 Å². The van der Waals surface area contributed by atoms with Gasteiger partial charge in [-0.15, -0.1) is 0 Å². The molecule has 0 aliphatic rings. The Kier molecular flexibility index (Phi) is 3.44. The van der Waals surface area contributed by atoms with Crippen molar-refractivity contribution >= 4 is 5.69 Å². The summed E-state index contributed by atoms with van der Waals surface area (Å²) in [7, 11) is 1.76. The van der Waals surface area contributed by atoms with E-state index in [1.165, 1.54) is 6.07 Å². The molecule has 0 atom stereocenters. The molecule has 3 nitrogen and oxygen atoms in total. The van der Waals surface area contributed by atoms with Gasteiger partial charge >= 0.3 is 0 Å². The molecule has 0 amide bonds.